The number of hydrogen-bond acceptors (Lipinski definition) is 0. The molecule has 1 aliphatic carbocycles. The molecule has 0 radical (unpaired) electrons. The molecule has 0 saturated heterocycles. The van der Waals surface area contributed by atoms with E-state index in [4.69, 9.17) is 0 Å². The van der Waals surface area contributed by atoms with Crippen LogP contribution in [0.2, 0.25) is 0 Å². The Kier molecular flexibility index (Phi) is 2.22. The molecule has 0 aromatic heterocycles. The van der Waals surface area contributed by atoms with Crippen molar-refractivity contribution in [2.24, 2.45) is 0 Å². The molecule has 0 unspecified atom stereocenters. The second-order valence-corrected chi connectivity index (χ2v) is 4.43. The van der Waals surface area contributed by atoms with Gasteiger partial charge in [-0.2, -0.15) is 0 Å². The van der Waals surface area contributed by atoms with Crippen molar-refractivity contribution in [2.45, 2.75) is 32.6 Å². The molecule has 0 fully saturated rings. The van der Waals surface area contributed by atoms with Crippen LogP contribution in [0.3, 0.4) is 0 Å². The third-order valence-electron chi connectivity index (χ3n) is 2.62. The first-order chi connectivity index (χ1) is 5.77. The highest BCUT2D eigenvalue weighted by atomic mass is 79.9. The molecular formula is C11H13Br. The van der Waals surface area contributed by atoms with E-state index in [0.29, 0.717) is 0 Å². The average molecular weight is 225 g/mol. The van der Waals surface area contributed by atoms with Crippen molar-refractivity contribution in [3.05, 3.63) is 33.3 Å². The van der Waals surface area contributed by atoms with Gasteiger partial charge in [-0.25, -0.2) is 0 Å². The Hall–Kier alpha value is -0.300. The van der Waals surface area contributed by atoms with Gasteiger partial charge in [-0.05, 0) is 55.4 Å². The molecule has 64 valence electrons. The Morgan fingerprint density at radius 1 is 1.08 bits per heavy atom. The molecule has 0 amide bonds. The van der Waals surface area contributed by atoms with Crippen LogP contribution >= 0.6 is 15.9 Å². The smallest absolute Gasteiger partial charge is 0.0207 e. The van der Waals surface area contributed by atoms with Crippen molar-refractivity contribution in [3.63, 3.8) is 0 Å². The fraction of sp³-hybridized carbons (Fsp3) is 0.455. The van der Waals surface area contributed by atoms with Gasteiger partial charge in [-0.15, -0.1) is 0 Å². The van der Waals surface area contributed by atoms with E-state index in [1.807, 2.05) is 0 Å². The molecule has 0 saturated carbocycles. The first-order valence-electron chi connectivity index (χ1n) is 4.55. The zero-order chi connectivity index (χ0) is 8.55. The number of rotatable bonds is 0. The van der Waals surface area contributed by atoms with E-state index in [1.54, 1.807) is 11.1 Å². The van der Waals surface area contributed by atoms with Crippen molar-refractivity contribution in [3.8, 4) is 0 Å². The fourth-order valence-electron chi connectivity index (χ4n) is 1.88. The predicted octanol–water partition coefficient (Wildman–Crippen LogP) is 3.64. The van der Waals surface area contributed by atoms with Gasteiger partial charge < -0.3 is 0 Å². The summed E-state index contributed by atoms with van der Waals surface area (Å²) >= 11 is 3.57. The number of fused-ring (bicyclic) bond motifs is 1. The van der Waals surface area contributed by atoms with Gasteiger partial charge in [-0.1, -0.05) is 22.0 Å². The Morgan fingerprint density at radius 2 is 1.67 bits per heavy atom. The fourth-order valence-corrected chi connectivity index (χ4v) is 2.27. The number of benzene rings is 1. The van der Waals surface area contributed by atoms with Gasteiger partial charge in [0.1, 0.15) is 0 Å². The van der Waals surface area contributed by atoms with E-state index < -0.39 is 0 Å². The monoisotopic (exact) mass is 224 g/mol. The van der Waals surface area contributed by atoms with E-state index >= 15 is 0 Å². The summed E-state index contributed by atoms with van der Waals surface area (Å²) in [5, 5.41) is 0. The first-order valence-corrected chi connectivity index (χ1v) is 5.34. The lowest BCUT2D eigenvalue weighted by Gasteiger charge is -2.16. The van der Waals surface area contributed by atoms with Gasteiger partial charge in [0.15, 0.2) is 0 Å². The highest BCUT2D eigenvalue weighted by Crippen LogP contribution is 2.27. The summed E-state index contributed by atoms with van der Waals surface area (Å²) < 4.78 is 1.27. The van der Waals surface area contributed by atoms with E-state index in [1.165, 1.54) is 35.7 Å². The minimum atomic E-state index is 1.27. The summed E-state index contributed by atoms with van der Waals surface area (Å²) in [6, 6.07) is 4.63. The summed E-state index contributed by atoms with van der Waals surface area (Å²) in [4.78, 5) is 0. The van der Waals surface area contributed by atoms with Crippen molar-refractivity contribution in [1.82, 2.24) is 0 Å². The van der Waals surface area contributed by atoms with Crippen molar-refractivity contribution < 1.29 is 0 Å². The first kappa shape index (κ1) is 8.31. The lowest BCUT2D eigenvalue weighted by molar-refractivity contribution is 0.684. The molecule has 0 aliphatic heterocycles. The van der Waals surface area contributed by atoms with Crippen LogP contribution in [0, 0.1) is 6.92 Å². The largest absolute Gasteiger partial charge is 0.0547 e. The second-order valence-electron chi connectivity index (χ2n) is 3.58. The lowest BCUT2D eigenvalue weighted by Crippen LogP contribution is -2.02. The number of hydrogen-bond donors (Lipinski definition) is 0. The summed E-state index contributed by atoms with van der Waals surface area (Å²) in [5.41, 5.74) is 4.50. The minimum Gasteiger partial charge on any atom is -0.0547 e. The highest BCUT2D eigenvalue weighted by Gasteiger charge is 2.10. The van der Waals surface area contributed by atoms with Crippen LogP contribution in [-0.2, 0) is 12.8 Å². The molecule has 0 nitrogen and oxygen atoms in total. The predicted molar refractivity (Wildman–Crippen MR) is 55.5 cm³/mol. The zero-order valence-electron chi connectivity index (χ0n) is 7.36. The van der Waals surface area contributed by atoms with Gasteiger partial charge in [-0.3, -0.25) is 0 Å². The van der Waals surface area contributed by atoms with Crippen LogP contribution in [0.25, 0.3) is 0 Å². The maximum absolute atomic E-state index is 3.57. The van der Waals surface area contributed by atoms with E-state index in [0.717, 1.165) is 0 Å². The zero-order valence-corrected chi connectivity index (χ0v) is 8.95. The Morgan fingerprint density at radius 3 is 2.33 bits per heavy atom. The average Bonchev–Trinajstić information content (AvgIpc) is 2.07. The van der Waals surface area contributed by atoms with Crippen LogP contribution < -0.4 is 0 Å². The van der Waals surface area contributed by atoms with Gasteiger partial charge in [0, 0.05) is 4.47 Å². The maximum Gasteiger partial charge on any atom is 0.0207 e. The third-order valence-corrected chi connectivity index (χ3v) is 3.48. The minimum absolute atomic E-state index is 1.27. The molecule has 1 heteroatoms. The van der Waals surface area contributed by atoms with E-state index in [9.17, 15) is 0 Å². The molecule has 12 heavy (non-hydrogen) atoms. The van der Waals surface area contributed by atoms with Gasteiger partial charge in [0.25, 0.3) is 0 Å². The summed E-state index contributed by atoms with van der Waals surface area (Å²) in [6.45, 7) is 2.17. The summed E-state index contributed by atoms with van der Waals surface area (Å²) in [7, 11) is 0. The summed E-state index contributed by atoms with van der Waals surface area (Å²) in [6.07, 6.45) is 5.29. The van der Waals surface area contributed by atoms with Crippen LogP contribution in [0.5, 0.6) is 0 Å². The normalized spacial score (nSPS) is 15.8. The molecule has 0 heterocycles. The molecule has 0 N–H and O–H groups in total. The summed E-state index contributed by atoms with van der Waals surface area (Å²) in [5.74, 6) is 0. The molecule has 0 spiro atoms. The Bertz CT molecular complexity index is 271. The molecule has 0 bridgehead atoms. The molecule has 0 atom stereocenters. The molecule has 1 aromatic carbocycles. The standard InChI is InChI=1S/C11H13Br/c1-8-6-9-4-2-3-5-10(9)7-11(8)12/h6-7H,2-5H2,1H3. The molecular weight excluding hydrogens is 212 g/mol. The molecule has 1 aliphatic rings. The number of aryl methyl sites for hydroxylation is 3. The Labute approximate surface area is 82.1 Å². The lowest BCUT2D eigenvalue weighted by atomic mass is 9.91. The van der Waals surface area contributed by atoms with Gasteiger partial charge >= 0.3 is 0 Å². The van der Waals surface area contributed by atoms with Gasteiger partial charge in [0.2, 0.25) is 0 Å². The van der Waals surface area contributed by atoms with Gasteiger partial charge in [0.05, 0.1) is 0 Å². The van der Waals surface area contributed by atoms with Crippen LogP contribution in [0.4, 0.5) is 0 Å². The third kappa shape index (κ3) is 1.42. The van der Waals surface area contributed by atoms with E-state index in [2.05, 4.69) is 35.0 Å². The Balaban J connectivity index is 2.49. The highest BCUT2D eigenvalue weighted by molar-refractivity contribution is 9.10. The van der Waals surface area contributed by atoms with Crippen LogP contribution in [0.15, 0.2) is 16.6 Å². The maximum atomic E-state index is 3.57. The quantitative estimate of drug-likeness (QED) is 0.632. The van der Waals surface area contributed by atoms with E-state index in [-0.39, 0.29) is 0 Å². The molecule has 1 aromatic rings. The SMILES string of the molecule is Cc1cc2c(cc1Br)CCCC2. The van der Waals surface area contributed by atoms with Crippen LogP contribution in [-0.4, -0.2) is 0 Å². The topological polar surface area (TPSA) is 0 Å². The molecule has 2 rings (SSSR count). The number of halogens is 1. The van der Waals surface area contributed by atoms with Crippen molar-refractivity contribution in [2.75, 3.05) is 0 Å². The van der Waals surface area contributed by atoms with Crippen LogP contribution in [0.1, 0.15) is 29.5 Å². The van der Waals surface area contributed by atoms with Crippen molar-refractivity contribution in [1.29, 1.82) is 0 Å². The van der Waals surface area contributed by atoms with Crippen molar-refractivity contribution >= 4 is 15.9 Å². The second kappa shape index (κ2) is 3.21.